The lowest BCUT2D eigenvalue weighted by Crippen LogP contribution is -1.81. The Morgan fingerprint density at radius 2 is 0.750 bits per heavy atom. The molecule has 24 heavy (non-hydrogen) atoms. The maximum atomic E-state index is 6.72. The zero-order chi connectivity index (χ0) is 23.2. The molecular weight excluding hydrogens is 288 g/mol. The van der Waals surface area contributed by atoms with Crippen molar-refractivity contribution in [2.75, 3.05) is 0 Å². The van der Waals surface area contributed by atoms with E-state index >= 15 is 0 Å². The van der Waals surface area contributed by atoms with Crippen LogP contribution in [-0.2, 0) is 0 Å². The summed E-state index contributed by atoms with van der Waals surface area (Å²) in [4.78, 5) is 0. The van der Waals surface area contributed by atoms with Gasteiger partial charge in [-0.1, -0.05) is 129 Å². The van der Waals surface area contributed by atoms with Gasteiger partial charge in [0, 0.05) is 4.11 Å². The first-order chi connectivity index (χ1) is 12.0. The van der Waals surface area contributed by atoms with Gasteiger partial charge in [-0.25, -0.2) is 0 Å². The first-order valence-electron chi connectivity index (χ1n) is 12.0. The van der Waals surface area contributed by atoms with Crippen molar-refractivity contribution in [1.29, 1.82) is 0 Å². The molecule has 0 nitrogen and oxygen atoms in total. The number of hydrogen-bond donors (Lipinski definition) is 0. The Kier molecular flexibility index (Phi) is 33.7. The normalized spacial score (nSPS) is 11.9. The quantitative estimate of drug-likeness (QED) is 0.473. The standard InChI is InChI=1S/C6H14.2C5H12.2C4H10/c1-4-5-6(2)3;2*1-4-5(2)3;2*1-4(2)3/h6H,4-5H2,1-3H3;2*5H,4H2,1-3H3;2*4H,1-3H3/i;;;1D3;. The van der Waals surface area contributed by atoms with Crippen molar-refractivity contribution in [3.05, 3.63) is 0 Å². The lowest BCUT2D eigenvalue weighted by molar-refractivity contribution is 0.576. The third-order valence-corrected chi connectivity index (χ3v) is 2.50. The summed E-state index contributed by atoms with van der Waals surface area (Å²) < 4.78 is 20.2. The van der Waals surface area contributed by atoms with Crippen molar-refractivity contribution in [1.82, 2.24) is 0 Å². The molecular formula is C24H58. The minimum Gasteiger partial charge on any atom is -0.0654 e. The molecule has 0 spiro atoms. The van der Waals surface area contributed by atoms with Gasteiger partial charge in [0.1, 0.15) is 0 Å². The van der Waals surface area contributed by atoms with Crippen LogP contribution >= 0.6 is 0 Å². The van der Waals surface area contributed by atoms with Gasteiger partial charge in [-0.2, -0.15) is 0 Å². The Balaban J connectivity index is -0.0000000757. The van der Waals surface area contributed by atoms with Crippen LogP contribution in [0.3, 0.4) is 0 Å². The van der Waals surface area contributed by atoms with Crippen molar-refractivity contribution in [3.63, 3.8) is 0 Å². The highest BCUT2D eigenvalue weighted by molar-refractivity contribution is 4.38. The molecule has 0 fully saturated rings. The SMILES string of the molecule is CC(C)C.CCC(C)C.CCC(C)C.CCCC(C)C.[2H]C([2H])([2H])C(C)C. The van der Waals surface area contributed by atoms with E-state index in [1.54, 1.807) is 13.8 Å². The average molecular weight is 350 g/mol. The van der Waals surface area contributed by atoms with Gasteiger partial charge in [-0.15, -0.1) is 0 Å². The zero-order valence-corrected chi connectivity index (χ0v) is 20.2. The topological polar surface area (TPSA) is 0 Å². The molecule has 0 aliphatic carbocycles. The smallest absolute Gasteiger partial charge is 0.0233 e. The lowest BCUT2D eigenvalue weighted by Gasteiger charge is -1.95. The molecule has 0 atom stereocenters. The molecule has 0 N–H and O–H groups in total. The second kappa shape index (κ2) is 30.8. The van der Waals surface area contributed by atoms with E-state index < -0.39 is 6.85 Å². The predicted molar refractivity (Wildman–Crippen MR) is 121 cm³/mol. The summed E-state index contributed by atoms with van der Waals surface area (Å²) in [5, 5.41) is 0. The monoisotopic (exact) mass is 349 g/mol. The largest absolute Gasteiger partial charge is 0.0654 e. The molecule has 0 saturated carbocycles. The van der Waals surface area contributed by atoms with E-state index in [1.165, 1.54) is 25.7 Å². The van der Waals surface area contributed by atoms with Gasteiger partial charge in [-0.3, -0.25) is 0 Å². The highest BCUT2D eigenvalue weighted by Crippen LogP contribution is 2.00. The van der Waals surface area contributed by atoms with Crippen LogP contribution in [0.2, 0.25) is 0 Å². The van der Waals surface area contributed by atoms with Gasteiger partial charge in [-0.05, 0) is 29.6 Å². The molecule has 0 heterocycles. The van der Waals surface area contributed by atoms with Gasteiger partial charge in [0.2, 0.25) is 0 Å². The van der Waals surface area contributed by atoms with Gasteiger partial charge in [0.25, 0.3) is 0 Å². The Labute approximate surface area is 163 Å². The minimum absolute atomic E-state index is 0.201. The average Bonchev–Trinajstić information content (AvgIpc) is 2.47. The van der Waals surface area contributed by atoms with Crippen molar-refractivity contribution in [2.24, 2.45) is 29.6 Å². The fraction of sp³-hybridized carbons (Fsp3) is 1.00. The van der Waals surface area contributed by atoms with Gasteiger partial charge >= 0.3 is 0 Å². The third-order valence-electron chi connectivity index (χ3n) is 2.50. The molecule has 0 bridgehead atoms. The van der Waals surface area contributed by atoms with Gasteiger partial charge in [0.05, 0.1) is 0 Å². The summed E-state index contributed by atoms with van der Waals surface area (Å²) in [6.45, 7) is 28.1. The van der Waals surface area contributed by atoms with E-state index in [-0.39, 0.29) is 5.92 Å². The summed E-state index contributed by atoms with van der Waals surface area (Å²) >= 11 is 0. The van der Waals surface area contributed by atoms with Crippen LogP contribution in [-0.4, -0.2) is 0 Å². The van der Waals surface area contributed by atoms with Crippen LogP contribution in [0.5, 0.6) is 0 Å². The molecule has 0 saturated heterocycles. The molecule has 0 aromatic carbocycles. The molecule has 0 unspecified atom stereocenters. The van der Waals surface area contributed by atoms with Gasteiger partial charge < -0.3 is 0 Å². The van der Waals surface area contributed by atoms with Crippen molar-refractivity contribution in [2.45, 2.75) is 129 Å². The molecule has 154 valence electrons. The number of hydrogen-bond acceptors (Lipinski definition) is 0. The van der Waals surface area contributed by atoms with Crippen molar-refractivity contribution >= 4 is 0 Å². The molecule has 0 radical (unpaired) electrons. The highest BCUT2D eigenvalue weighted by atomic mass is 13.9. The van der Waals surface area contributed by atoms with E-state index in [4.69, 9.17) is 4.11 Å². The molecule has 0 amide bonds. The van der Waals surface area contributed by atoms with Crippen LogP contribution in [0.1, 0.15) is 134 Å². The first-order valence-corrected chi connectivity index (χ1v) is 10.5. The lowest BCUT2D eigenvalue weighted by atomic mass is 10.1. The maximum Gasteiger partial charge on any atom is 0.0233 e. The summed E-state index contributed by atoms with van der Waals surface area (Å²) in [6.07, 6.45) is 5.32. The Morgan fingerprint density at radius 3 is 0.750 bits per heavy atom. The molecule has 0 heteroatoms. The minimum atomic E-state index is -1.75. The van der Waals surface area contributed by atoms with E-state index in [9.17, 15) is 0 Å². The van der Waals surface area contributed by atoms with Gasteiger partial charge in [0.15, 0.2) is 0 Å². The van der Waals surface area contributed by atoms with Crippen LogP contribution in [0.4, 0.5) is 0 Å². The summed E-state index contributed by atoms with van der Waals surface area (Å²) in [7, 11) is 0. The molecule has 0 aliphatic heterocycles. The van der Waals surface area contributed by atoms with Crippen LogP contribution in [0.25, 0.3) is 0 Å². The van der Waals surface area contributed by atoms with E-state index in [1.807, 2.05) is 0 Å². The predicted octanol–water partition coefficient (Wildman–Crippen LogP) is 9.87. The Bertz CT molecular complexity index is 216. The molecule has 0 aliphatic rings. The summed E-state index contributed by atoms with van der Waals surface area (Å²) in [6, 6.07) is 0. The Morgan fingerprint density at radius 1 is 0.542 bits per heavy atom. The van der Waals surface area contributed by atoms with Crippen molar-refractivity contribution < 1.29 is 4.11 Å². The van der Waals surface area contributed by atoms with Crippen LogP contribution in [0.15, 0.2) is 0 Å². The van der Waals surface area contributed by atoms with E-state index in [2.05, 4.69) is 83.1 Å². The first kappa shape index (κ1) is 26.2. The van der Waals surface area contributed by atoms with Crippen LogP contribution in [0, 0.1) is 29.6 Å². The fourth-order valence-corrected chi connectivity index (χ4v) is 0.577. The second-order valence-electron chi connectivity index (χ2n) is 8.67. The number of rotatable bonds is 4. The maximum absolute atomic E-state index is 6.72. The summed E-state index contributed by atoms with van der Waals surface area (Å²) in [5.74, 6) is 3.30. The van der Waals surface area contributed by atoms with E-state index in [0.717, 1.165) is 23.7 Å². The second-order valence-corrected chi connectivity index (χ2v) is 8.67. The fourth-order valence-electron chi connectivity index (χ4n) is 0.577. The third kappa shape index (κ3) is 198. The molecule has 0 aromatic rings. The van der Waals surface area contributed by atoms with Crippen LogP contribution < -0.4 is 0 Å². The molecule has 0 rings (SSSR count). The van der Waals surface area contributed by atoms with E-state index in [0.29, 0.717) is 0 Å². The Hall–Kier alpha value is 0. The zero-order valence-electron chi connectivity index (χ0n) is 23.2. The molecule has 0 aromatic heterocycles. The summed E-state index contributed by atoms with van der Waals surface area (Å²) in [5.41, 5.74) is 0. The highest BCUT2D eigenvalue weighted by Gasteiger charge is 1.85. The van der Waals surface area contributed by atoms with Crippen molar-refractivity contribution in [3.8, 4) is 0 Å².